The maximum absolute atomic E-state index is 11.4. The van der Waals surface area contributed by atoms with E-state index in [2.05, 4.69) is 4.72 Å². The van der Waals surface area contributed by atoms with E-state index in [4.69, 9.17) is 5.73 Å². The Bertz CT molecular complexity index is 282. The molecule has 0 heterocycles. The van der Waals surface area contributed by atoms with Crippen LogP contribution < -0.4 is 10.5 Å². The van der Waals surface area contributed by atoms with E-state index in [-0.39, 0.29) is 11.3 Å². The standard InChI is InChI=1S/C10H22N2O2S/c1-2-8-15(13,14)12-9-10(11)6-4-3-5-7-10/h12H,2-9,11H2,1H3. The second-order valence-electron chi connectivity index (χ2n) is 4.56. The van der Waals surface area contributed by atoms with Crippen LogP contribution in [0.1, 0.15) is 45.4 Å². The highest BCUT2D eigenvalue weighted by Gasteiger charge is 2.28. The monoisotopic (exact) mass is 234 g/mol. The molecule has 3 N–H and O–H groups in total. The topological polar surface area (TPSA) is 72.2 Å². The van der Waals surface area contributed by atoms with Crippen molar-refractivity contribution in [1.82, 2.24) is 4.72 Å². The fraction of sp³-hybridized carbons (Fsp3) is 1.00. The fourth-order valence-electron chi connectivity index (χ4n) is 2.03. The van der Waals surface area contributed by atoms with Crippen molar-refractivity contribution >= 4 is 10.0 Å². The normalized spacial score (nSPS) is 21.5. The van der Waals surface area contributed by atoms with Crippen molar-refractivity contribution in [2.45, 2.75) is 51.0 Å². The van der Waals surface area contributed by atoms with Gasteiger partial charge in [-0.3, -0.25) is 0 Å². The first-order chi connectivity index (χ1) is 6.97. The second-order valence-corrected chi connectivity index (χ2v) is 6.49. The predicted octanol–water partition coefficient (Wildman–Crippen LogP) is 0.977. The number of nitrogens with two attached hydrogens (primary N) is 1. The molecule has 0 bridgehead atoms. The fourth-order valence-corrected chi connectivity index (χ4v) is 3.22. The van der Waals surface area contributed by atoms with E-state index in [9.17, 15) is 8.42 Å². The van der Waals surface area contributed by atoms with Gasteiger partial charge in [-0.25, -0.2) is 13.1 Å². The Morgan fingerprint density at radius 1 is 1.27 bits per heavy atom. The zero-order valence-electron chi connectivity index (χ0n) is 9.46. The van der Waals surface area contributed by atoms with Crippen molar-refractivity contribution in [1.29, 1.82) is 0 Å². The third-order valence-electron chi connectivity index (χ3n) is 2.97. The first-order valence-electron chi connectivity index (χ1n) is 5.74. The Labute approximate surface area is 92.7 Å². The van der Waals surface area contributed by atoms with E-state index in [1.807, 2.05) is 6.92 Å². The molecular formula is C10H22N2O2S. The van der Waals surface area contributed by atoms with Gasteiger partial charge in [-0.2, -0.15) is 0 Å². The largest absolute Gasteiger partial charge is 0.324 e. The van der Waals surface area contributed by atoms with Crippen LogP contribution in [0.2, 0.25) is 0 Å². The van der Waals surface area contributed by atoms with E-state index in [1.165, 1.54) is 6.42 Å². The Morgan fingerprint density at radius 2 is 1.87 bits per heavy atom. The van der Waals surface area contributed by atoms with Gasteiger partial charge in [-0.05, 0) is 19.3 Å². The summed E-state index contributed by atoms with van der Waals surface area (Å²) in [6, 6.07) is 0. The second kappa shape index (κ2) is 5.27. The van der Waals surface area contributed by atoms with Crippen LogP contribution in [0.15, 0.2) is 0 Å². The van der Waals surface area contributed by atoms with E-state index in [0.29, 0.717) is 13.0 Å². The molecule has 4 nitrogen and oxygen atoms in total. The quantitative estimate of drug-likeness (QED) is 0.744. The summed E-state index contributed by atoms with van der Waals surface area (Å²) < 4.78 is 25.5. The zero-order chi connectivity index (χ0) is 11.4. The van der Waals surface area contributed by atoms with Crippen LogP contribution in [0.4, 0.5) is 0 Å². The first kappa shape index (κ1) is 12.9. The Balaban J connectivity index is 2.41. The van der Waals surface area contributed by atoms with Crippen LogP contribution in [0.5, 0.6) is 0 Å². The number of sulfonamides is 1. The molecule has 0 aromatic carbocycles. The third kappa shape index (κ3) is 4.49. The summed E-state index contributed by atoms with van der Waals surface area (Å²) in [6.07, 6.45) is 5.97. The highest BCUT2D eigenvalue weighted by molar-refractivity contribution is 7.89. The molecule has 0 aliphatic heterocycles. The lowest BCUT2D eigenvalue weighted by atomic mass is 9.83. The zero-order valence-corrected chi connectivity index (χ0v) is 10.3. The highest BCUT2D eigenvalue weighted by Crippen LogP contribution is 2.25. The molecule has 0 amide bonds. The number of hydrogen-bond acceptors (Lipinski definition) is 3. The highest BCUT2D eigenvalue weighted by atomic mass is 32.2. The summed E-state index contributed by atoms with van der Waals surface area (Å²) in [4.78, 5) is 0. The molecule has 0 aromatic rings. The first-order valence-corrected chi connectivity index (χ1v) is 7.39. The molecule has 0 unspecified atom stereocenters. The molecule has 5 heteroatoms. The molecule has 1 saturated carbocycles. The van der Waals surface area contributed by atoms with Gasteiger partial charge in [0.05, 0.1) is 5.75 Å². The van der Waals surface area contributed by atoms with Gasteiger partial charge >= 0.3 is 0 Å². The van der Waals surface area contributed by atoms with Gasteiger partial charge in [0.1, 0.15) is 0 Å². The summed E-state index contributed by atoms with van der Waals surface area (Å²) in [5.74, 6) is 0.197. The number of hydrogen-bond donors (Lipinski definition) is 2. The molecule has 1 rings (SSSR count). The molecular weight excluding hydrogens is 212 g/mol. The van der Waals surface area contributed by atoms with Crippen molar-refractivity contribution in [2.75, 3.05) is 12.3 Å². The lowest BCUT2D eigenvalue weighted by molar-refractivity contribution is 0.296. The SMILES string of the molecule is CCCS(=O)(=O)NCC1(N)CCCCC1. The van der Waals surface area contributed by atoms with E-state index in [0.717, 1.165) is 25.7 Å². The summed E-state index contributed by atoms with van der Waals surface area (Å²) in [5, 5.41) is 0. The van der Waals surface area contributed by atoms with Crippen LogP contribution >= 0.6 is 0 Å². The molecule has 1 aliphatic carbocycles. The van der Waals surface area contributed by atoms with Gasteiger partial charge in [0.25, 0.3) is 0 Å². The number of rotatable bonds is 5. The van der Waals surface area contributed by atoms with Crippen molar-refractivity contribution in [2.24, 2.45) is 5.73 Å². The molecule has 0 radical (unpaired) electrons. The van der Waals surface area contributed by atoms with Crippen LogP contribution in [0, 0.1) is 0 Å². The van der Waals surface area contributed by atoms with Crippen molar-refractivity contribution in [3.8, 4) is 0 Å². The third-order valence-corrected chi connectivity index (χ3v) is 4.50. The van der Waals surface area contributed by atoms with Gasteiger partial charge in [-0.1, -0.05) is 26.2 Å². The lowest BCUT2D eigenvalue weighted by Gasteiger charge is -2.33. The van der Waals surface area contributed by atoms with Crippen molar-refractivity contribution in [3.05, 3.63) is 0 Å². The molecule has 1 aliphatic rings. The van der Waals surface area contributed by atoms with Gasteiger partial charge < -0.3 is 5.73 Å². The average molecular weight is 234 g/mol. The molecule has 15 heavy (non-hydrogen) atoms. The van der Waals surface area contributed by atoms with E-state index in [1.54, 1.807) is 0 Å². The van der Waals surface area contributed by atoms with Crippen LogP contribution in [0.25, 0.3) is 0 Å². The Morgan fingerprint density at radius 3 is 2.40 bits per heavy atom. The maximum atomic E-state index is 11.4. The minimum absolute atomic E-state index is 0.197. The maximum Gasteiger partial charge on any atom is 0.211 e. The summed E-state index contributed by atoms with van der Waals surface area (Å²) in [6.45, 7) is 2.26. The average Bonchev–Trinajstić information content (AvgIpc) is 2.17. The van der Waals surface area contributed by atoms with Crippen LogP contribution in [-0.4, -0.2) is 26.3 Å². The minimum atomic E-state index is -3.10. The van der Waals surface area contributed by atoms with Gasteiger partial charge in [0, 0.05) is 12.1 Å². The molecule has 0 spiro atoms. The van der Waals surface area contributed by atoms with E-state index >= 15 is 0 Å². The van der Waals surface area contributed by atoms with Crippen molar-refractivity contribution in [3.63, 3.8) is 0 Å². The Hall–Kier alpha value is -0.130. The van der Waals surface area contributed by atoms with Gasteiger partial charge in [-0.15, -0.1) is 0 Å². The molecule has 0 saturated heterocycles. The lowest BCUT2D eigenvalue weighted by Crippen LogP contribution is -2.51. The number of nitrogens with one attached hydrogen (secondary N) is 1. The van der Waals surface area contributed by atoms with Gasteiger partial charge in [0.2, 0.25) is 10.0 Å². The summed E-state index contributed by atoms with van der Waals surface area (Å²) in [5.41, 5.74) is 5.83. The minimum Gasteiger partial charge on any atom is -0.324 e. The van der Waals surface area contributed by atoms with Crippen molar-refractivity contribution < 1.29 is 8.42 Å². The Kier molecular flexibility index (Phi) is 4.55. The molecule has 0 aromatic heterocycles. The molecule has 90 valence electrons. The van der Waals surface area contributed by atoms with Crippen LogP contribution in [0.3, 0.4) is 0 Å². The van der Waals surface area contributed by atoms with E-state index < -0.39 is 10.0 Å². The molecule has 1 fully saturated rings. The summed E-state index contributed by atoms with van der Waals surface area (Å²) in [7, 11) is -3.10. The summed E-state index contributed by atoms with van der Waals surface area (Å²) >= 11 is 0. The van der Waals surface area contributed by atoms with Gasteiger partial charge in [0.15, 0.2) is 0 Å². The molecule has 0 atom stereocenters. The van der Waals surface area contributed by atoms with Crippen LogP contribution in [-0.2, 0) is 10.0 Å². The smallest absolute Gasteiger partial charge is 0.211 e. The predicted molar refractivity (Wildman–Crippen MR) is 62.1 cm³/mol.